The number of esters is 1. The number of benzene rings is 1. The van der Waals surface area contributed by atoms with E-state index in [1.54, 1.807) is 0 Å². The van der Waals surface area contributed by atoms with Crippen LogP contribution in [0.3, 0.4) is 0 Å². The normalized spacial score (nSPS) is 14.1. The van der Waals surface area contributed by atoms with Gasteiger partial charge in [0.05, 0.1) is 12.0 Å². The minimum absolute atomic E-state index is 0.0268. The molecule has 0 radical (unpaired) electrons. The summed E-state index contributed by atoms with van der Waals surface area (Å²) in [5.74, 6) is -0.458. The molecule has 17 heavy (non-hydrogen) atoms. The van der Waals surface area contributed by atoms with Gasteiger partial charge in [0.2, 0.25) is 0 Å². The maximum atomic E-state index is 11.4. The fourth-order valence-corrected chi connectivity index (χ4v) is 1.67. The Balaban J connectivity index is 2.44. The second kappa shape index (κ2) is 6.14. The third-order valence-corrected chi connectivity index (χ3v) is 2.75. The van der Waals surface area contributed by atoms with Crippen molar-refractivity contribution in [2.45, 2.75) is 25.6 Å². The van der Waals surface area contributed by atoms with Crippen molar-refractivity contribution < 1.29 is 14.6 Å². The Hall–Kier alpha value is -0.910. The molecule has 1 unspecified atom stereocenters. The van der Waals surface area contributed by atoms with Gasteiger partial charge in [0.15, 0.2) is 0 Å². The van der Waals surface area contributed by atoms with Gasteiger partial charge in [-0.2, -0.15) is 0 Å². The number of rotatable bonds is 5. The van der Waals surface area contributed by atoms with Crippen molar-refractivity contribution in [1.29, 1.82) is 0 Å². The van der Waals surface area contributed by atoms with Crippen LogP contribution >= 0.6 is 15.9 Å². The third-order valence-electron chi connectivity index (χ3n) is 2.25. The molecule has 0 fully saturated rings. The van der Waals surface area contributed by atoms with E-state index in [0.717, 1.165) is 10.0 Å². The number of nitrogens with two attached hydrogens (primary N) is 1. The van der Waals surface area contributed by atoms with Gasteiger partial charge in [-0.05, 0) is 24.6 Å². The first-order valence-corrected chi connectivity index (χ1v) is 6.05. The molecular formula is C12H16BrNO3. The van der Waals surface area contributed by atoms with Crippen molar-refractivity contribution in [1.82, 2.24) is 0 Å². The molecular weight excluding hydrogens is 286 g/mol. The summed E-state index contributed by atoms with van der Waals surface area (Å²) in [5, 5.41) is 9.60. The maximum absolute atomic E-state index is 11.4. The van der Waals surface area contributed by atoms with Crippen LogP contribution in [0.2, 0.25) is 0 Å². The molecule has 3 N–H and O–H groups in total. The van der Waals surface area contributed by atoms with Gasteiger partial charge in [-0.15, -0.1) is 0 Å². The average Bonchev–Trinajstić information content (AvgIpc) is 2.26. The second-order valence-electron chi connectivity index (χ2n) is 4.17. The van der Waals surface area contributed by atoms with Crippen LogP contribution in [0.4, 0.5) is 0 Å². The van der Waals surface area contributed by atoms with Crippen LogP contribution in [0.1, 0.15) is 18.9 Å². The van der Waals surface area contributed by atoms with Gasteiger partial charge >= 0.3 is 5.97 Å². The van der Waals surface area contributed by atoms with E-state index >= 15 is 0 Å². The van der Waals surface area contributed by atoms with E-state index in [4.69, 9.17) is 10.5 Å². The summed E-state index contributed by atoms with van der Waals surface area (Å²) < 4.78 is 5.98. The third kappa shape index (κ3) is 5.30. The van der Waals surface area contributed by atoms with Crippen molar-refractivity contribution in [2.24, 2.45) is 5.73 Å². The molecule has 0 aromatic heterocycles. The molecule has 0 aliphatic carbocycles. The van der Waals surface area contributed by atoms with Crippen molar-refractivity contribution in [3.8, 4) is 0 Å². The zero-order valence-corrected chi connectivity index (χ0v) is 11.2. The molecule has 0 amide bonds. The summed E-state index contributed by atoms with van der Waals surface area (Å²) in [6.07, 6.45) is -0.0997. The Labute approximate surface area is 109 Å². The van der Waals surface area contributed by atoms with Gasteiger partial charge in [-0.25, -0.2) is 0 Å². The van der Waals surface area contributed by atoms with Crippen LogP contribution in [0, 0.1) is 0 Å². The average molecular weight is 302 g/mol. The highest BCUT2D eigenvalue weighted by atomic mass is 79.9. The van der Waals surface area contributed by atoms with E-state index in [2.05, 4.69) is 15.9 Å². The lowest BCUT2D eigenvalue weighted by atomic mass is 10.0. The van der Waals surface area contributed by atoms with Gasteiger partial charge in [0, 0.05) is 11.0 Å². The van der Waals surface area contributed by atoms with E-state index in [1.165, 1.54) is 6.92 Å². The number of hydrogen-bond acceptors (Lipinski definition) is 4. The molecule has 0 heterocycles. The van der Waals surface area contributed by atoms with Crippen LogP contribution in [-0.2, 0) is 16.1 Å². The van der Waals surface area contributed by atoms with Gasteiger partial charge in [0.1, 0.15) is 6.61 Å². The van der Waals surface area contributed by atoms with Gasteiger partial charge in [0.25, 0.3) is 0 Å². The lowest BCUT2D eigenvalue weighted by Gasteiger charge is -2.19. The van der Waals surface area contributed by atoms with Crippen molar-refractivity contribution >= 4 is 21.9 Å². The number of halogens is 1. The summed E-state index contributed by atoms with van der Waals surface area (Å²) in [6, 6.07) is 7.49. The molecule has 5 heteroatoms. The lowest BCUT2D eigenvalue weighted by Crippen LogP contribution is -2.36. The Morgan fingerprint density at radius 2 is 2.29 bits per heavy atom. The number of carbonyl (C=O) groups excluding carboxylic acids is 1. The Morgan fingerprint density at radius 3 is 2.88 bits per heavy atom. The molecule has 0 aliphatic rings. The van der Waals surface area contributed by atoms with Crippen LogP contribution in [0.5, 0.6) is 0 Å². The summed E-state index contributed by atoms with van der Waals surface area (Å²) >= 11 is 3.33. The second-order valence-corrected chi connectivity index (χ2v) is 5.08. The lowest BCUT2D eigenvalue weighted by molar-refractivity contribution is -0.149. The summed E-state index contributed by atoms with van der Waals surface area (Å²) in [7, 11) is 0. The maximum Gasteiger partial charge on any atom is 0.309 e. The molecule has 1 atom stereocenters. The Bertz CT molecular complexity index is 393. The highest BCUT2D eigenvalue weighted by molar-refractivity contribution is 9.10. The van der Waals surface area contributed by atoms with Crippen LogP contribution < -0.4 is 5.73 Å². The van der Waals surface area contributed by atoms with Crippen molar-refractivity contribution in [2.75, 3.05) is 6.54 Å². The van der Waals surface area contributed by atoms with Gasteiger partial charge in [-0.3, -0.25) is 4.79 Å². The fourth-order valence-electron chi connectivity index (χ4n) is 1.22. The van der Waals surface area contributed by atoms with E-state index in [0.29, 0.717) is 0 Å². The molecule has 0 saturated heterocycles. The summed E-state index contributed by atoms with van der Waals surface area (Å²) in [4.78, 5) is 11.4. The van der Waals surface area contributed by atoms with Crippen LogP contribution in [0.15, 0.2) is 28.7 Å². The highest BCUT2D eigenvalue weighted by Gasteiger charge is 2.23. The van der Waals surface area contributed by atoms with Crippen molar-refractivity contribution in [3.05, 3.63) is 34.3 Å². The molecule has 1 aromatic rings. The number of carbonyl (C=O) groups is 1. The van der Waals surface area contributed by atoms with E-state index in [1.807, 2.05) is 24.3 Å². The fraction of sp³-hybridized carbons (Fsp3) is 0.417. The van der Waals surface area contributed by atoms with Crippen LogP contribution in [-0.4, -0.2) is 23.2 Å². The molecule has 1 aromatic carbocycles. The first kappa shape index (κ1) is 14.2. The minimum Gasteiger partial charge on any atom is -0.461 e. The predicted octanol–water partition coefficient (Wildman–Crippen LogP) is 1.59. The molecule has 0 spiro atoms. The minimum atomic E-state index is -1.20. The molecule has 0 aliphatic heterocycles. The summed E-state index contributed by atoms with van der Waals surface area (Å²) in [5.41, 5.74) is 5.01. The first-order valence-electron chi connectivity index (χ1n) is 5.25. The molecule has 94 valence electrons. The molecule has 1 rings (SSSR count). The molecule has 4 nitrogen and oxygen atoms in total. The Kier molecular flexibility index (Phi) is 5.11. The molecule has 0 saturated carbocycles. The Morgan fingerprint density at radius 1 is 1.59 bits per heavy atom. The zero-order valence-electron chi connectivity index (χ0n) is 9.65. The standard InChI is InChI=1S/C12H16BrNO3/c1-12(16,8-14)6-11(15)17-7-9-3-2-4-10(13)5-9/h2-5,16H,6-8,14H2,1H3. The first-order chi connectivity index (χ1) is 7.93. The van der Waals surface area contributed by atoms with Crippen LogP contribution in [0.25, 0.3) is 0 Å². The number of ether oxygens (including phenoxy) is 1. The SMILES string of the molecule is CC(O)(CN)CC(=O)OCc1cccc(Br)c1. The zero-order chi connectivity index (χ0) is 12.9. The summed E-state index contributed by atoms with van der Waals surface area (Å²) in [6.45, 7) is 1.73. The van der Waals surface area contributed by atoms with Gasteiger partial charge < -0.3 is 15.6 Å². The topological polar surface area (TPSA) is 72.5 Å². The van der Waals surface area contributed by atoms with E-state index < -0.39 is 11.6 Å². The number of aliphatic hydroxyl groups is 1. The predicted molar refractivity (Wildman–Crippen MR) is 68.2 cm³/mol. The monoisotopic (exact) mass is 301 g/mol. The van der Waals surface area contributed by atoms with Gasteiger partial charge in [-0.1, -0.05) is 28.1 Å². The smallest absolute Gasteiger partial charge is 0.309 e. The van der Waals surface area contributed by atoms with E-state index in [9.17, 15) is 9.90 Å². The molecule has 0 bridgehead atoms. The quantitative estimate of drug-likeness (QED) is 0.810. The number of hydrogen-bond donors (Lipinski definition) is 2. The van der Waals surface area contributed by atoms with E-state index in [-0.39, 0.29) is 19.6 Å². The largest absolute Gasteiger partial charge is 0.461 e. The highest BCUT2D eigenvalue weighted by Crippen LogP contribution is 2.13. The van der Waals surface area contributed by atoms with Crippen molar-refractivity contribution in [3.63, 3.8) is 0 Å².